The predicted octanol–water partition coefficient (Wildman–Crippen LogP) is 1.72. The van der Waals surface area contributed by atoms with Gasteiger partial charge in [0.2, 0.25) is 0 Å². The maximum atomic E-state index is 11.3. The molecule has 4 heteroatoms. The lowest BCUT2D eigenvalue weighted by atomic mass is 10.2. The average Bonchev–Trinajstić information content (AvgIpc) is 2.43. The van der Waals surface area contributed by atoms with E-state index in [9.17, 15) is 4.79 Å². The van der Waals surface area contributed by atoms with E-state index in [1.165, 1.54) is 12.7 Å². The van der Waals surface area contributed by atoms with Gasteiger partial charge in [0.15, 0.2) is 0 Å². The standard InChI is InChI=1S/C14H20N2O2/c1-3-13(14(17)18-2)7-10-15-9-6-12-5-4-8-16-11-12/h4-5,7-8,11,15H,3,6,9-10H2,1-2H3/b13-7-. The number of aromatic nitrogens is 1. The first-order valence-electron chi connectivity index (χ1n) is 6.15. The fraction of sp³-hybridized carbons (Fsp3) is 0.429. The van der Waals surface area contributed by atoms with E-state index >= 15 is 0 Å². The van der Waals surface area contributed by atoms with Crippen molar-refractivity contribution in [3.05, 3.63) is 41.7 Å². The molecule has 0 bridgehead atoms. The molecule has 18 heavy (non-hydrogen) atoms. The second kappa shape index (κ2) is 8.42. The number of hydrogen-bond donors (Lipinski definition) is 1. The zero-order valence-corrected chi connectivity index (χ0v) is 11.0. The molecule has 1 heterocycles. The van der Waals surface area contributed by atoms with Crippen LogP contribution in [0.5, 0.6) is 0 Å². The smallest absolute Gasteiger partial charge is 0.333 e. The van der Waals surface area contributed by atoms with Crippen molar-refractivity contribution < 1.29 is 9.53 Å². The summed E-state index contributed by atoms with van der Waals surface area (Å²) in [6.45, 7) is 3.48. The van der Waals surface area contributed by atoms with Crippen LogP contribution in [0.25, 0.3) is 0 Å². The third kappa shape index (κ3) is 5.10. The van der Waals surface area contributed by atoms with Crippen LogP contribution in [-0.2, 0) is 16.0 Å². The summed E-state index contributed by atoms with van der Waals surface area (Å²) < 4.78 is 4.69. The van der Waals surface area contributed by atoms with Gasteiger partial charge >= 0.3 is 5.97 Å². The molecule has 0 fully saturated rings. The molecule has 1 aromatic rings. The van der Waals surface area contributed by atoms with Gasteiger partial charge in [0.05, 0.1) is 7.11 Å². The number of rotatable bonds is 7. The number of ether oxygens (including phenoxy) is 1. The Morgan fingerprint density at radius 2 is 2.39 bits per heavy atom. The highest BCUT2D eigenvalue weighted by Crippen LogP contribution is 2.01. The van der Waals surface area contributed by atoms with Crippen molar-refractivity contribution in [2.75, 3.05) is 20.2 Å². The highest BCUT2D eigenvalue weighted by molar-refractivity contribution is 5.88. The fourth-order valence-electron chi connectivity index (χ4n) is 1.58. The number of nitrogens with one attached hydrogen (secondary N) is 1. The molecule has 4 nitrogen and oxygen atoms in total. The first-order chi connectivity index (χ1) is 8.77. The molecule has 0 radical (unpaired) electrons. The van der Waals surface area contributed by atoms with Gasteiger partial charge in [0, 0.05) is 24.5 Å². The van der Waals surface area contributed by atoms with Gasteiger partial charge in [-0.15, -0.1) is 0 Å². The second-order valence-corrected chi connectivity index (χ2v) is 3.89. The molecule has 0 aliphatic rings. The zero-order chi connectivity index (χ0) is 13.2. The molecule has 0 spiro atoms. The summed E-state index contributed by atoms with van der Waals surface area (Å²) in [5, 5.41) is 3.27. The monoisotopic (exact) mass is 248 g/mol. The molecule has 1 aromatic heterocycles. The minimum Gasteiger partial charge on any atom is -0.466 e. The number of carbonyl (C=O) groups is 1. The Morgan fingerprint density at radius 1 is 1.56 bits per heavy atom. The number of esters is 1. The SMILES string of the molecule is CC/C(=C/CNCCc1cccnc1)C(=O)OC. The van der Waals surface area contributed by atoms with Gasteiger partial charge in [-0.25, -0.2) is 4.79 Å². The van der Waals surface area contributed by atoms with E-state index in [2.05, 4.69) is 21.1 Å². The highest BCUT2D eigenvalue weighted by Gasteiger charge is 2.05. The van der Waals surface area contributed by atoms with E-state index in [0.717, 1.165) is 13.0 Å². The van der Waals surface area contributed by atoms with E-state index in [4.69, 9.17) is 0 Å². The van der Waals surface area contributed by atoms with Crippen molar-refractivity contribution in [2.24, 2.45) is 0 Å². The average molecular weight is 248 g/mol. The van der Waals surface area contributed by atoms with Crippen LogP contribution in [0.1, 0.15) is 18.9 Å². The summed E-state index contributed by atoms with van der Waals surface area (Å²) in [5.74, 6) is -0.244. The van der Waals surface area contributed by atoms with Crippen LogP contribution in [0.4, 0.5) is 0 Å². The number of nitrogens with zero attached hydrogens (tertiary/aromatic N) is 1. The van der Waals surface area contributed by atoms with Crippen LogP contribution in [0, 0.1) is 0 Å². The van der Waals surface area contributed by atoms with E-state index in [-0.39, 0.29) is 5.97 Å². The molecular weight excluding hydrogens is 228 g/mol. The van der Waals surface area contributed by atoms with Crippen LogP contribution in [-0.4, -0.2) is 31.2 Å². The molecule has 1 N–H and O–H groups in total. The highest BCUT2D eigenvalue weighted by atomic mass is 16.5. The van der Waals surface area contributed by atoms with Gasteiger partial charge in [0.1, 0.15) is 0 Å². The van der Waals surface area contributed by atoms with Gasteiger partial charge in [-0.3, -0.25) is 4.98 Å². The van der Waals surface area contributed by atoms with Crippen molar-refractivity contribution in [3.8, 4) is 0 Å². The van der Waals surface area contributed by atoms with E-state index < -0.39 is 0 Å². The molecular formula is C14H20N2O2. The fourth-order valence-corrected chi connectivity index (χ4v) is 1.58. The Labute approximate surface area is 108 Å². The number of carbonyl (C=O) groups excluding carboxylic acids is 1. The molecule has 0 saturated carbocycles. The summed E-state index contributed by atoms with van der Waals surface area (Å²) in [6.07, 6.45) is 7.14. The van der Waals surface area contributed by atoms with Crippen LogP contribution < -0.4 is 5.32 Å². The summed E-state index contributed by atoms with van der Waals surface area (Å²) >= 11 is 0. The Morgan fingerprint density at radius 3 is 3.00 bits per heavy atom. The van der Waals surface area contributed by atoms with E-state index in [1.807, 2.05) is 25.3 Å². The zero-order valence-electron chi connectivity index (χ0n) is 11.0. The van der Waals surface area contributed by atoms with Crippen molar-refractivity contribution in [3.63, 3.8) is 0 Å². The molecule has 1 rings (SSSR count). The van der Waals surface area contributed by atoms with Gasteiger partial charge in [-0.1, -0.05) is 19.1 Å². The topological polar surface area (TPSA) is 51.2 Å². The predicted molar refractivity (Wildman–Crippen MR) is 71.2 cm³/mol. The molecule has 0 aliphatic heterocycles. The number of pyridine rings is 1. The first-order valence-corrected chi connectivity index (χ1v) is 6.15. The van der Waals surface area contributed by atoms with Crippen molar-refractivity contribution in [2.45, 2.75) is 19.8 Å². The van der Waals surface area contributed by atoms with Crippen LogP contribution in [0.15, 0.2) is 36.2 Å². The molecule has 0 aliphatic carbocycles. The molecule has 0 atom stereocenters. The Bertz CT molecular complexity index is 388. The minimum atomic E-state index is -0.244. The summed E-state index contributed by atoms with van der Waals surface area (Å²) in [5.41, 5.74) is 1.92. The van der Waals surface area contributed by atoms with Gasteiger partial charge < -0.3 is 10.1 Å². The lowest BCUT2D eigenvalue weighted by Gasteiger charge is -2.04. The molecule has 0 unspecified atom stereocenters. The molecule has 98 valence electrons. The summed E-state index contributed by atoms with van der Waals surface area (Å²) in [4.78, 5) is 15.4. The number of hydrogen-bond acceptors (Lipinski definition) is 4. The Kier molecular flexibility index (Phi) is 6.72. The maximum Gasteiger partial charge on any atom is 0.333 e. The lowest BCUT2D eigenvalue weighted by Crippen LogP contribution is -2.18. The summed E-state index contributed by atoms with van der Waals surface area (Å²) in [6, 6.07) is 3.98. The van der Waals surface area contributed by atoms with E-state index in [0.29, 0.717) is 18.5 Å². The van der Waals surface area contributed by atoms with Gasteiger partial charge in [0.25, 0.3) is 0 Å². The Balaban J connectivity index is 2.25. The molecule has 0 amide bonds. The first kappa shape index (κ1) is 14.4. The van der Waals surface area contributed by atoms with Crippen molar-refractivity contribution in [1.82, 2.24) is 10.3 Å². The van der Waals surface area contributed by atoms with Crippen molar-refractivity contribution >= 4 is 5.97 Å². The normalized spacial score (nSPS) is 11.3. The molecule has 0 saturated heterocycles. The quantitative estimate of drug-likeness (QED) is 0.453. The van der Waals surface area contributed by atoms with E-state index in [1.54, 1.807) is 6.20 Å². The third-order valence-corrected chi connectivity index (χ3v) is 2.63. The van der Waals surface area contributed by atoms with Crippen LogP contribution in [0.3, 0.4) is 0 Å². The third-order valence-electron chi connectivity index (χ3n) is 2.63. The molecule has 0 aromatic carbocycles. The minimum absolute atomic E-state index is 0.244. The van der Waals surface area contributed by atoms with Crippen LogP contribution >= 0.6 is 0 Å². The lowest BCUT2D eigenvalue weighted by molar-refractivity contribution is -0.136. The second-order valence-electron chi connectivity index (χ2n) is 3.89. The Hall–Kier alpha value is -1.68. The van der Waals surface area contributed by atoms with Gasteiger partial charge in [-0.2, -0.15) is 0 Å². The number of methoxy groups -OCH3 is 1. The maximum absolute atomic E-state index is 11.3. The largest absolute Gasteiger partial charge is 0.466 e. The van der Waals surface area contributed by atoms with Crippen molar-refractivity contribution in [1.29, 1.82) is 0 Å². The van der Waals surface area contributed by atoms with Crippen LogP contribution in [0.2, 0.25) is 0 Å². The van der Waals surface area contributed by atoms with Gasteiger partial charge in [-0.05, 0) is 31.0 Å². The summed E-state index contributed by atoms with van der Waals surface area (Å²) in [7, 11) is 1.40.